The zero-order valence-electron chi connectivity index (χ0n) is 18.9. The van der Waals surface area contributed by atoms with Crippen LogP contribution in [0.3, 0.4) is 0 Å². The van der Waals surface area contributed by atoms with E-state index in [1.807, 2.05) is 0 Å². The Bertz CT molecular complexity index is 378. The Kier molecular flexibility index (Phi) is 10.0. The van der Waals surface area contributed by atoms with E-state index in [0.717, 1.165) is 13.0 Å². The fourth-order valence-corrected chi connectivity index (χ4v) is 5.96. The molecule has 0 aromatic heterocycles. The molecule has 0 aromatic carbocycles. The number of hydrogen-bond donors (Lipinski definition) is 0. The molecule has 0 N–H and O–H groups in total. The van der Waals surface area contributed by atoms with E-state index in [4.69, 9.17) is 17.7 Å². The Hall–Kier alpha value is 0.708. The molecule has 0 saturated heterocycles. The Morgan fingerprint density at radius 2 is 0.920 bits per heavy atom. The summed E-state index contributed by atoms with van der Waals surface area (Å²) in [7, 11) is -6.48. The van der Waals surface area contributed by atoms with Gasteiger partial charge < -0.3 is 17.7 Å². The molecule has 0 aliphatic rings. The van der Waals surface area contributed by atoms with Gasteiger partial charge in [0.15, 0.2) is 33.3 Å². The van der Waals surface area contributed by atoms with Crippen LogP contribution in [0.4, 0.5) is 0 Å². The minimum atomic E-state index is -1.69. The first-order valence-corrected chi connectivity index (χ1v) is 23.1. The molecule has 0 spiro atoms. The van der Waals surface area contributed by atoms with Crippen molar-refractivity contribution in [1.82, 2.24) is 0 Å². The van der Waals surface area contributed by atoms with E-state index < -0.39 is 33.3 Å². The molecular formula is C17H44O4Si4. The van der Waals surface area contributed by atoms with Gasteiger partial charge >= 0.3 is 0 Å². The SMILES string of the molecule is C[Si](C)(C)OCCC(O[Si](C)(C)C)C(CO[Si](C)(C)C)O[Si](C)(C)C. The Labute approximate surface area is 161 Å². The number of hydrogen-bond acceptors (Lipinski definition) is 4. The van der Waals surface area contributed by atoms with Crippen molar-refractivity contribution in [3.05, 3.63) is 0 Å². The van der Waals surface area contributed by atoms with Crippen LogP contribution in [0.15, 0.2) is 0 Å². The summed E-state index contributed by atoms with van der Waals surface area (Å²) < 4.78 is 25.4. The van der Waals surface area contributed by atoms with Crippen LogP contribution in [0.2, 0.25) is 78.6 Å². The predicted octanol–water partition coefficient (Wildman–Crippen LogP) is 5.52. The summed E-state index contributed by atoms with van der Waals surface area (Å²) in [5.41, 5.74) is 0. The van der Waals surface area contributed by atoms with Crippen molar-refractivity contribution in [1.29, 1.82) is 0 Å². The lowest BCUT2D eigenvalue weighted by Gasteiger charge is -2.37. The second-order valence-electron chi connectivity index (χ2n) is 10.7. The first-order valence-electron chi connectivity index (χ1n) is 9.52. The zero-order chi connectivity index (χ0) is 20.1. The largest absolute Gasteiger partial charge is 0.418 e. The highest BCUT2D eigenvalue weighted by Crippen LogP contribution is 2.21. The quantitative estimate of drug-likeness (QED) is 0.386. The Balaban J connectivity index is 5.19. The van der Waals surface area contributed by atoms with Crippen LogP contribution >= 0.6 is 0 Å². The summed E-state index contributed by atoms with van der Waals surface area (Å²) in [5, 5.41) is 0. The molecule has 0 radical (unpaired) electrons. The first-order chi connectivity index (χ1) is 10.9. The maximum atomic E-state index is 6.53. The highest BCUT2D eigenvalue weighted by molar-refractivity contribution is 6.71. The predicted molar refractivity (Wildman–Crippen MR) is 120 cm³/mol. The smallest absolute Gasteiger partial charge is 0.184 e. The summed E-state index contributed by atoms with van der Waals surface area (Å²) in [6, 6.07) is 0. The van der Waals surface area contributed by atoms with Crippen molar-refractivity contribution in [3.8, 4) is 0 Å². The van der Waals surface area contributed by atoms with Gasteiger partial charge in [-0.3, -0.25) is 0 Å². The minimum absolute atomic E-state index is 0.00430. The highest BCUT2D eigenvalue weighted by atomic mass is 28.4. The van der Waals surface area contributed by atoms with Crippen molar-refractivity contribution in [2.45, 2.75) is 97.2 Å². The van der Waals surface area contributed by atoms with Crippen LogP contribution in [0.5, 0.6) is 0 Å². The van der Waals surface area contributed by atoms with Crippen LogP contribution in [0.25, 0.3) is 0 Å². The van der Waals surface area contributed by atoms with Crippen molar-refractivity contribution in [3.63, 3.8) is 0 Å². The first kappa shape index (κ1) is 25.7. The summed E-state index contributed by atoms with van der Waals surface area (Å²) in [6.07, 6.45) is 0.917. The topological polar surface area (TPSA) is 36.9 Å². The average Bonchev–Trinajstić information content (AvgIpc) is 2.27. The minimum Gasteiger partial charge on any atom is -0.418 e. The fraction of sp³-hybridized carbons (Fsp3) is 1.00. The fourth-order valence-electron chi connectivity index (χ4n) is 2.26. The van der Waals surface area contributed by atoms with Gasteiger partial charge in [0.05, 0.1) is 18.8 Å². The van der Waals surface area contributed by atoms with Gasteiger partial charge in [-0.1, -0.05) is 0 Å². The molecule has 25 heavy (non-hydrogen) atoms. The van der Waals surface area contributed by atoms with E-state index in [2.05, 4.69) is 78.6 Å². The van der Waals surface area contributed by atoms with Crippen LogP contribution in [-0.4, -0.2) is 58.7 Å². The zero-order valence-corrected chi connectivity index (χ0v) is 22.9. The maximum absolute atomic E-state index is 6.53. The lowest BCUT2D eigenvalue weighted by Crippen LogP contribution is -2.48. The summed E-state index contributed by atoms with van der Waals surface area (Å²) in [5.74, 6) is 0. The van der Waals surface area contributed by atoms with Crippen LogP contribution < -0.4 is 0 Å². The molecule has 0 rings (SSSR count). The van der Waals surface area contributed by atoms with Crippen LogP contribution in [0.1, 0.15) is 6.42 Å². The lowest BCUT2D eigenvalue weighted by atomic mass is 10.1. The molecule has 0 heterocycles. The van der Waals surface area contributed by atoms with Gasteiger partial charge in [0, 0.05) is 6.61 Å². The molecule has 0 amide bonds. The van der Waals surface area contributed by atoms with Gasteiger partial charge in [-0.2, -0.15) is 0 Å². The summed E-state index contributed by atoms with van der Waals surface area (Å²) >= 11 is 0. The molecular weight excluding hydrogens is 381 g/mol. The van der Waals surface area contributed by atoms with E-state index >= 15 is 0 Å². The van der Waals surface area contributed by atoms with Crippen molar-refractivity contribution >= 4 is 33.3 Å². The van der Waals surface area contributed by atoms with Gasteiger partial charge in [-0.15, -0.1) is 0 Å². The van der Waals surface area contributed by atoms with E-state index in [9.17, 15) is 0 Å². The molecule has 2 atom stereocenters. The van der Waals surface area contributed by atoms with Gasteiger partial charge in [-0.05, 0) is 85.0 Å². The lowest BCUT2D eigenvalue weighted by molar-refractivity contribution is 0.00158. The molecule has 2 unspecified atom stereocenters. The highest BCUT2D eigenvalue weighted by Gasteiger charge is 2.33. The van der Waals surface area contributed by atoms with Crippen molar-refractivity contribution < 1.29 is 17.7 Å². The van der Waals surface area contributed by atoms with Gasteiger partial charge in [-0.25, -0.2) is 0 Å². The molecule has 4 nitrogen and oxygen atoms in total. The molecule has 0 saturated carbocycles. The van der Waals surface area contributed by atoms with Gasteiger partial charge in [0.25, 0.3) is 0 Å². The molecule has 152 valence electrons. The Morgan fingerprint density at radius 3 is 1.28 bits per heavy atom. The van der Waals surface area contributed by atoms with Crippen LogP contribution in [-0.2, 0) is 17.7 Å². The number of rotatable bonds is 12. The second-order valence-corrected chi connectivity index (χ2v) is 28.7. The molecule has 0 aromatic rings. The molecule has 8 heteroatoms. The average molecular weight is 425 g/mol. The van der Waals surface area contributed by atoms with Crippen molar-refractivity contribution in [2.75, 3.05) is 13.2 Å². The van der Waals surface area contributed by atoms with E-state index in [-0.39, 0.29) is 12.2 Å². The normalized spacial score (nSPS) is 16.8. The summed E-state index contributed by atoms with van der Waals surface area (Å²) in [4.78, 5) is 0. The van der Waals surface area contributed by atoms with Crippen molar-refractivity contribution in [2.24, 2.45) is 0 Å². The molecule has 0 bridgehead atoms. The van der Waals surface area contributed by atoms with Gasteiger partial charge in [0.2, 0.25) is 0 Å². The standard InChI is InChI=1S/C17H44O4Si4/c1-22(2,3)18-14-13-16(20-24(7,8)9)17(21-25(10,11)12)15-19-23(4,5)6/h16-17H,13-15H2,1-12H3. The van der Waals surface area contributed by atoms with E-state index in [0.29, 0.717) is 6.61 Å². The summed E-state index contributed by atoms with van der Waals surface area (Å²) in [6.45, 7) is 28.1. The van der Waals surface area contributed by atoms with Gasteiger partial charge in [0.1, 0.15) is 0 Å². The second kappa shape index (κ2) is 9.77. The molecule has 0 aliphatic carbocycles. The molecule has 0 fully saturated rings. The molecule has 0 aliphatic heterocycles. The Morgan fingerprint density at radius 1 is 0.520 bits per heavy atom. The van der Waals surface area contributed by atoms with E-state index in [1.165, 1.54) is 0 Å². The van der Waals surface area contributed by atoms with Crippen LogP contribution in [0, 0.1) is 0 Å². The monoisotopic (exact) mass is 424 g/mol. The third-order valence-corrected chi connectivity index (χ3v) is 7.17. The third-order valence-electron chi connectivity index (χ3n) is 3.04. The maximum Gasteiger partial charge on any atom is 0.184 e. The van der Waals surface area contributed by atoms with E-state index in [1.54, 1.807) is 0 Å². The third kappa shape index (κ3) is 16.6.